The Labute approximate surface area is 179 Å². The standard InChI is InChI=1S/C24H21N3O2S/c28-21(16-19-10-4-1-5-11-19)18-30-24-26-25-23(17-29-22-14-8-3-9-15-22)27(24)20-12-6-2-7-13-20/h1-15H,16-18H2. The van der Waals surface area contributed by atoms with Crippen LogP contribution in [0.25, 0.3) is 5.69 Å². The van der Waals surface area contributed by atoms with Gasteiger partial charge in [0.1, 0.15) is 18.1 Å². The number of aromatic nitrogens is 3. The lowest BCUT2D eigenvalue weighted by Gasteiger charge is -2.11. The van der Waals surface area contributed by atoms with Crippen LogP contribution in [0.4, 0.5) is 0 Å². The molecule has 0 saturated carbocycles. The fourth-order valence-electron chi connectivity index (χ4n) is 3.01. The first-order valence-electron chi connectivity index (χ1n) is 9.65. The van der Waals surface area contributed by atoms with Gasteiger partial charge in [-0.05, 0) is 29.8 Å². The molecule has 4 aromatic rings. The first-order valence-corrected chi connectivity index (χ1v) is 10.6. The molecule has 6 heteroatoms. The summed E-state index contributed by atoms with van der Waals surface area (Å²) in [5, 5.41) is 9.33. The van der Waals surface area contributed by atoms with E-state index >= 15 is 0 Å². The van der Waals surface area contributed by atoms with Gasteiger partial charge in [-0.3, -0.25) is 9.36 Å². The molecule has 150 valence electrons. The van der Waals surface area contributed by atoms with E-state index in [0.717, 1.165) is 17.0 Å². The molecule has 0 saturated heterocycles. The number of benzene rings is 3. The van der Waals surface area contributed by atoms with Crippen LogP contribution in [0.2, 0.25) is 0 Å². The summed E-state index contributed by atoms with van der Waals surface area (Å²) in [5.41, 5.74) is 1.96. The lowest BCUT2D eigenvalue weighted by Crippen LogP contribution is -2.09. The summed E-state index contributed by atoms with van der Waals surface area (Å²) in [6.45, 7) is 0.282. The van der Waals surface area contributed by atoms with Crippen molar-refractivity contribution in [2.75, 3.05) is 5.75 Å². The predicted molar refractivity (Wildman–Crippen MR) is 118 cm³/mol. The van der Waals surface area contributed by atoms with Crippen molar-refractivity contribution in [3.8, 4) is 11.4 Å². The third-order valence-electron chi connectivity index (χ3n) is 4.43. The van der Waals surface area contributed by atoms with Crippen molar-refractivity contribution in [2.45, 2.75) is 18.2 Å². The van der Waals surface area contributed by atoms with Gasteiger partial charge in [0, 0.05) is 12.1 Å². The maximum Gasteiger partial charge on any atom is 0.196 e. The Morgan fingerprint density at radius 1 is 0.833 bits per heavy atom. The van der Waals surface area contributed by atoms with E-state index in [1.807, 2.05) is 95.6 Å². The van der Waals surface area contributed by atoms with Crippen molar-refractivity contribution in [3.63, 3.8) is 0 Å². The number of para-hydroxylation sites is 2. The van der Waals surface area contributed by atoms with Crippen LogP contribution in [-0.2, 0) is 17.8 Å². The Morgan fingerprint density at radius 2 is 1.47 bits per heavy atom. The highest BCUT2D eigenvalue weighted by Gasteiger charge is 2.16. The first-order chi connectivity index (χ1) is 14.8. The van der Waals surface area contributed by atoms with E-state index in [-0.39, 0.29) is 12.4 Å². The molecule has 0 spiro atoms. The van der Waals surface area contributed by atoms with Gasteiger partial charge in [0.05, 0.1) is 5.75 Å². The van der Waals surface area contributed by atoms with Crippen molar-refractivity contribution in [3.05, 3.63) is 102 Å². The molecule has 0 aliphatic heterocycles. The Balaban J connectivity index is 1.49. The molecule has 3 aromatic carbocycles. The molecule has 30 heavy (non-hydrogen) atoms. The summed E-state index contributed by atoms with van der Waals surface area (Å²) in [6, 6.07) is 29.3. The van der Waals surface area contributed by atoms with Crippen LogP contribution >= 0.6 is 11.8 Å². The van der Waals surface area contributed by atoms with Gasteiger partial charge >= 0.3 is 0 Å². The smallest absolute Gasteiger partial charge is 0.196 e. The zero-order valence-electron chi connectivity index (χ0n) is 16.3. The van der Waals surface area contributed by atoms with Gasteiger partial charge in [0.15, 0.2) is 11.0 Å². The first kappa shape index (κ1) is 19.9. The molecular formula is C24H21N3O2S. The Kier molecular flexibility index (Phi) is 6.57. The minimum absolute atomic E-state index is 0.149. The molecule has 4 rings (SSSR count). The minimum Gasteiger partial charge on any atom is -0.486 e. The molecule has 0 amide bonds. The van der Waals surface area contributed by atoms with Crippen LogP contribution in [0.5, 0.6) is 5.75 Å². The van der Waals surface area contributed by atoms with Gasteiger partial charge in [-0.15, -0.1) is 10.2 Å². The van der Waals surface area contributed by atoms with Crippen molar-refractivity contribution >= 4 is 17.5 Å². The van der Waals surface area contributed by atoms with E-state index < -0.39 is 0 Å². The second-order valence-electron chi connectivity index (χ2n) is 6.66. The third kappa shape index (κ3) is 5.15. The number of Topliss-reactive ketones (excluding diaryl/α,β-unsaturated/α-hetero) is 1. The van der Waals surface area contributed by atoms with E-state index in [2.05, 4.69) is 10.2 Å². The molecule has 0 aliphatic carbocycles. The maximum atomic E-state index is 12.4. The highest BCUT2D eigenvalue weighted by atomic mass is 32.2. The van der Waals surface area contributed by atoms with Gasteiger partial charge in [-0.2, -0.15) is 0 Å². The predicted octanol–water partition coefficient (Wildman–Crippen LogP) is 4.75. The second kappa shape index (κ2) is 9.89. The number of hydrogen-bond acceptors (Lipinski definition) is 5. The summed E-state index contributed by atoms with van der Waals surface area (Å²) < 4.78 is 7.82. The highest BCUT2D eigenvalue weighted by Crippen LogP contribution is 2.23. The van der Waals surface area contributed by atoms with E-state index in [9.17, 15) is 4.79 Å². The van der Waals surface area contributed by atoms with Crippen LogP contribution in [0, 0.1) is 0 Å². The van der Waals surface area contributed by atoms with Gasteiger partial charge in [-0.25, -0.2) is 0 Å². The summed E-state index contributed by atoms with van der Waals surface area (Å²) in [6.07, 6.45) is 0.414. The van der Waals surface area contributed by atoms with Gasteiger partial charge in [0.2, 0.25) is 0 Å². The summed E-state index contributed by atoms with van der Waals surface area (Å²) >= 11 is 1.40. The minimum atomic E-state index is 0.149. The Morgan fingerprint density at radius 3 is 2.17 bits per heavy atom. The summed E-state index contributed by atoms with van der Waals surface area (Å²) in [7, 11) is 0. The number of ether oxygens (including phenoxy) is 1. The van der Waals surface area contributed by atoms with Crippen molar-refractivity contribution in [2.24, 2.45) is 0 Å². The third-order valence-corrected chi connectivity index (χ3v) is 5.42. The lowest BCUT2D eigenvalue weighted by atomic mass is 10.1. The molecule has 0 radical (unpaired) electrons. The van der Waals surface area contributed by atoms with Gasteiger partial charge in [-0.1, -0.05) is 78.5 Å². The SMILES string of the molecule is O=C(CSc1nnc(COc2ccccc2)n1-c1ccccc1)Cc1ccccc1. The highest BCUT2D eigenvalue weighted by molar-refractivity contribution is 7.99. The van der Waals surface area contributed by atoms with E-state index in [1.165, 1.54) is 11.8 Å². The molecule has 1 aromatic heterocycles. The molecule has 0 unspecified atom stereocenters. The molecule has 0 fully saturated rings. The van der Waals surface area contributed by atoms with Gasteiger partial charge in [0.25, 0.3) is 0 Å². The van der Waals surface area contributed by atoms with E-state index in [4.69, 9.17) is 4.74 Å². The average Bonchev–Trinajstić information content (AvgIpc) is 3.21. The number of carbonyl (C=O) groups is 1. The molecule has 5 nitrogen and oxygen atoms in total. The molecule has 0 bridgehead atoms. The van der Waals surface area contributed by atoms with Crippen LogP contribution in [0.15, 0.2) is 96.2 Å². The lowest BCUT2D eigenvalue weighted by molar-refractivity contribution is -0.116. The van der Waals surface area contributed by atoms with Crippen molar-refractivity contribution in [1.82, 2.24) is 14.8 Å². The normalized spacial score (nSPS) is 10.7. The fourth-order valence-corrected chi connectivity index (χ4v) is 3.84. The Bertz CT molecular complexity index is 1080. The molecular weight excluding hydrogens is 394 g/mol. The van der Waals surface area contributed by atoms with Crippen LogP contribution in [-0.4, -0.2) is 26.3 Å². The number of thioether (sulfide) groups is 1. The quantitative estimate of drug-likeness (QED) is 0.369. The largest absolute Gasteiger partial charge is 0.486 e. The number of hydrogen-bond donors (Lipinski definition) is 0. The Hall–Kier alpha value is -3.38. The van der Waals surface area contributed by atoms with Crippen molar-refractivity contribution in [1.29, 1.82) is 0 Å². The zero-order chi connectivity index (χ0) is 20.6. The monoisotopic (exact) mass is 415 g/mol. The van der Waals surface area contributed by atoms with Crippen LogP contribution < -0.4 is 4.74 Å². The second-order valence-corrected chi connectivity index (χ2v) is 7.60. The van der Waals surface area contributed by atoms with E-state index in [0.29, 0.717) is 23.2 Å². The average molecular weight is 416 g/mol. The maximum absolute atomic E-state index is 12.4. The number of ketones is 1. The summed E-state index contributed by atoms with van der Waals surface area (Å²) in [5.74, 6) is 1.94. The molecule has 0 atom stereocenters. The number of rotatable bonds is 9. The van der Waals surface area contributed by atoms with E-state index in [1.54, 1.807) is 0 Å². The fraction of sp³-hybridized carbons (Fsp3) is 0.125. The molecule has 0 N–H and O–H groups in total. The molecule has 0 aliphatic rings. The van der Waals surface area contributed by atoms with Gasteiger partial charge < -0.3 is 4.74 Å². The van der Waals surface area contributed by atoms with Crippen LogP contribution in [0.3, 0.4) is 0 Å². The topological polar surface area (TPSA) is 57.0 Å². The number of carbonyl (C=O) groups excluding carboxylic acids is 1. The molecule has 1 heterocycles. The zero-order valence-corrected chi connectivity index (χ0v) is 17.2. The van der Waals surface area contributed by atoms with Crippen LogP contribution in [0.1, 0.15) is 11.4 Å². The summed E-state index contributed by atoms with van der Waals surface area (Å²) in [4.78, 5) is 12.4. The van der Waals surface area contributed by atoms with Crippen molar-refractivity contribution < 1.29 is 9.53 Å². The number of nitrogens with zero attached hydrogens (tertiary/aromatic N) is 3.